The summed E-state index contributed by atoms with van der Waals surface area (Å²) in [6, 6.07) is 7.28. The Balaban J connectivity index is 1.78. The van der Waals surface area contributed by atoms with Gasteiger partial charge in [-0.25, -0.2) is 4.98 Å². The molecule has 1 aromatic carbocycles. The van der Waals surface area contributed by atoms with E-state index in [1.165, 1.54) is 0 Å². The van der Waals surface area contributed by atoms with Crippen molar-refractivity contribution in [3.05, 3.63) is 47.7 Å². The van der Waals surface area contributed by atoms with Crippen LogP contribution in [0.5, 0.6) is 0 Å². The summed E-state index contributed by atoms with van der Waals surface area (Å²) >= 11 is 0. The summed E-state index contributed by atoms with van der Waals surface area (Å²) in [5.41, 5.74) is 1.55. The highest BCUT2D eigenvalue weighted by Gasteiger charge is 2.15. The average molecular weight is 269 g/mol. The number of amides is 1. The summed E-state index contributed by atoms with van der Waals surface area (Å²) in [4.78, 5) is 19.5. The van der Waals surface area contributed by atoms with Crippen molar-refractivity contribution in [1.29, 1.82) is 0 Å². The summed E-state index contributed by atoms with van der Waals surface area (Å²) in [7, 11) is 0. The first-order chi connectivity index (χ1) is 9.63. The van der Waals surface area contributed by atoms with Crippen molar-refractivity contribution in [2.45, 2.75) is 19.9 Å². The van der Waals surface area contributed by atoms with Gasteiger partial charge in [0.15, 0.2) is 5.82 Å². The molecule has 2 aromatic heterocycles. The number of carbonyl (C=O) groups excluding carboxylic acids is 1. The Kier molecular flexibility index (Phi) is 2.98. The first-order valence-electron chi connectivity index (χ1n) is 6.40. The minimum Gasteiger partial charge on any atom is -0.361 e. The smallest absolute Gasteiger partial charge is 0.251 e. The molecule has 0 bridgehead atoms. The molecule has 3 rings (SSSR count). The highest BCUT2D eigenvalue weighted by atomic mass is 16.1. The number of aryl methyl sites for hydroxylation is 1. The number of H-pyrrole nitrogens is 2. The fraction of sp³-hybridized carbons (Fsp3) is 0.214. The maximum Gasteiger partial charge on any atom is 0.251 e. The molecule has 0 saturated heterocycles. The molecule has 0 spiro atoms. The van der Waals surface area contributed by atoms with Crippen molar-refractivity contribution in [1.82, 2.24) is 25.5 Å². The Morgan fingerprint density at radius 2 is 2.20 bits per heavy atom. The van der Waals surface area contributed by atoms with Crippen molar-refractivity contribution in [3.63, 3.8) is 0 Å². The SMILES string of the molecule is Cc1nc([C@@H](C)NC(=O)c2ccc3cc[nH]c3c2)n[nH]1. The van der Waals surface area contributed by atoms with Gasteiger partial charge in [-0.05, 0) is 37.4 Å². The van der Waals surface area contributed by atoms with Crippen LogP contribution >= 0.6 is 0 Å². The number of aromatic amines is 2. The molecule has 1 amide bonds. The molecule has 0 unspecified atom stereocenters. The van der Waals surface area contributed by atoms with Gasteiger partial charge in [0.05, 0.1) is 6.04 Å². The fourth-order valence-electron chi connectivity index (χ4n) is 2.09. The van der Waals surface area contributed by atoms with Crippen LogP contribution < -0.4 is 5.32 Å². The van der Waals surface area contributed by atoms with E-state index in [4.69, 9.17) is 0 Å². The molecule has 0 radical (unpaired) electrons. The number of nitrogens with one attached hydrogen (secondary N) is 3. The lowest BCUT2D eigenvalue weighted by Crippen LogP contribution is -2.27. The van der Waals surface area contributed by atoms with Gasteiger partial charge in [-0.1, -0.05) is 6.07 Å². The van der Waals surface area contributed by atoms with Crippen LogP contribution in [0.1, 0.15) is 35.0 Å². The molecule has 0 aliphatic carbocycles. The summed E-state index contributed by atoms with van der Waals surface area (Å²) in [6.45, 7) is 3.68. The van der Waals surface area contributed by atoms with Crippen LogP contribution in [0.3, 0.4) is 0 Å². The average Bonchev–Trinajstić information content (AvgIpc) is 3.05. The van der Waals surface area contributed by atoms with E-state index in [0.29, 0.717) is 11.4 Å². The van der Waals surface area contributed by atoms with E-state index in [1.54, 1.807) is 6.07 Å². The van der Waals surface area contributed by atoms with Crippen molar-refractivity contribution < 1.29 is 4.79 Å². The number of aromatic nitrogens is 4. The minimum absolute atomic E-state index is 0.142. The third-order valence-corrected chi connectivity index (χ3v) is 3.17. The highest BCUT2D eigenvalue weighted by molar-refractivity contribution is 5.98. The summed E-state index contributed by atoms with van der Waals surface area (Å²) in [6.07, 6.45) is 1.85. The van der Waals surface area contributed by atoms with Crippen LogP contribution in [0.4, 0.5) is 0 Å². The van der Waals surface area contributed by atoms with Crippen LogP contribution in [-0.4, -0.2) is 26.1 Å². The molecule has 20 heavy (non-hydrogen) atoms. The zero-order chi connectivity index (χ0) is 14.1. The largest absolute Gasteiger partial charge is 0.361 e. The second kappa shape index (κ2) is 4.80. The van der Waals surface area contributed by atoms with E-state index in [1.807, 2.05) is 38.2 Å². The zero-order valence-electron chi connectivity index (χ0n) is 11.3. The van der Waals surface area contributed by atoms with E-state index in [-0.39, 0.29) is 11.9 Å². The molecule has 2 heterocycles. The number of fused-ring (bicyclic) bond motifs is 1. The van der Waals surface area contributed by atoms with E-state index in [0.717, 1.165) is 16.7 Å². The summed E-state index contributed by atoms with van der Waals surface area (Å²) in [5, 5.41) is 10.8. The van der Waals surface area contributed by atoms with E-state index in [9.17, 15) is 4.79 Å². The van der Waals surface area contributed by atoms with Crippen LogP contribution in [0.15, 0.2) is 30.5 Å². The van der Waals surface area contributed by atoms with Crippen LogP contribution in [0.2, 0.25) is 0 Å². The normalized spacial score (nSPS) is 12.5. The zero-order valence-corrected chi connectivity index (χ0v) is 11.3. The van der Waals surface area contributed by atoms with Gasteiger partial charge < -0.3 is 10.3 Å². The summed E-state index contributed by atoms with van der Waals surface area (Å²) in [5.74, 6) is 1.17. The Morgan fingerprint density at radius 1 is 1.35 bits per heavy atom. The predicted octanol–water partition coefficient (Wildman–Crippen LogP) is 2.09. The number of benzene rings is 1. The lowest BCUT2D eigenvalue weighted by molar-refractivity contribution is 0.0938. The number of hydrogen-bond donors (Lipinski definition) is 3. The topological polar surface area (TPSA) is 86.5 Å². The minimum atomic E-state index is -0.244. The molecular formula is C14H15N5O. The number of hydrogen-bond acceptors (Lipinski definition) is 3. The number of carbonyl (C=O) groups is 1. The molecule has 3 aromatic rings. The monoisotopic (exact) mass is 269 g/mol. The Bertz CT molecular complexity index is 758. The Labute approximate surface area is 115 Å². The molecule has 0 aliphatic rings. The van der Waals surface area contributed by atoms with Crippen LogP contribution in [-0.2, 0) is 0 Å². The second-order valence-electron chi connectivity index (χ2n) is 4.75. The standard InChI is InChI=1S/C14H15N5O/c1-8(13-17-9(2)18-19-13)16-14(20)11-4-3-10-5-6-15-12(10)7-11/h3-8,15H,1-2H3,(H,16,20)(H,17,18,19)/t8-/m1/s1. The van der Waals surface area contributed by atoms with Crippen molar-refractivity contribution in [3.8, 4) is 0 Å². The van der Waals surface area contributed by atoms with E-state index in [2.05, 4.69) is 25.5 Å². The van der Waals surface area contributed by atoms with Gasteiger partial charge in [0.2, 0.25) is 0 Å². The van der Waals surface area contributed by atoms with Gasteiger partial charge >= 0.3 is 0 Å². The van der Waals surface area contributed by atoms with Crippen molar-refractivity contribution in [2.24, 2.45) is 0 Å². The predicted molar refractivity (Wildman–Crippen MR) is 75.3 cm³/mol. The van der Waals surface area contributed by atoms with Gasteiger partial charge in [0.25, 0.3) is 5.91 Å². The molecule has 6 heteroatoms. The van der Waals surface area contributed by atoms with Crippen molar-refractivity contribution in [2.75, 3.05) is 0 Å². The molecular weight excluding hydrogens is 254 g/mol. The van der Waals surface area contributed by atoms with E-state index >= 15 is 0 Å². The fourth-order valence-corrected chi connectivity index (χ4v) is 2.09. The lowest BCUT2D eigenvalue weighted by Gasteiger charge is -2.10. The van der Waals surface area contributed by atoms with Gasteiger partial charge in [0.1, 0.15) is 5.82 Å². The number of nitrogens with zero attached hydrogens (tertiary/aromatic N) is 2. The quantitative estimate of drug-likeness (QED) is 0.680. The summed E-state index contributed by atoms with van der Waals surface area (Å²) < 4.78 is 0. The van der Waals surface area contributed by atoms with Gasteiger partial charge in [-0.3, -0.25) is 9.89 Å². The molecule has 3 N–H and O–H groups in total. The molecule has 102 valence electrons. The third-order valence-electron chi connectivity index (χ3n) is 3.17. The molecule has 0 saturated carbocycles. The molecule has 1 atom stereocenters. The molecule has 0 fully saturated rings. The van der Waals surface area contributed by atoms with Gasteiger partial charge in [-0.15, -0.1) is 0 Å². The first kappa shape index (κ1) is 12.4. The first-order valence-corrected chi connectivity index (χ1v) is 6.40. The second-order valence-corrected chi connectivity index (χ2v) is 4.75. The maximum absolute atomic E-state index is 12.2. The Morgan fingerprint density at radius 3 is 2.95 bits per heavy atom. The highest BCUT2D eigenvalue weighted by Crippen LogP contribution is 2.15. The lowest BCUT2D eigenvalue weighted by atomic mass is 10.1. The van der Waals surface area contributed by atoms with Gasteiger partial charge in [-0.2, -0.15) is 5.10 Å². The van der Waals surface area contributed by atoms with Crippen LogP contribution in [0, 0.1) is 6.92 Å². The Hall–Kier alpha value is -2.63. The van der Waals surface area contributed by atoms with Crippen molar-refractivity contribution >= 4 is 16.8 Å². The van der Waals surface area contributed by atoms with Crippen LogP contribution in [0.25, 0.3) is 10.9 Å². The third kappa shape index (κ3) is 2.27. The number of rotatable bonds is 3. The molecule has 0 aliphatic heterocycles. The van der Waals surface area contributed by atoms with E-state index < -0.39 is 0 Å². The molecule has 6 nitrogen and oxygen atoms in total. The van der Waals surface area contributed by atoms with Gasteiger partial charge in [0, 0.05) is 17.3 Å². The maximum atomic E-state index is 12.2.